The van der Waals surface area contributed by atoms with Gasteiger partial charge in [-0.2, -0.15) is 0 Å². The molecule has 0 bridgehead atoms. The highest BCUT2D eigenvalue weighted by molar-refractivity contribution is 5.83. The Balaban J connectivity index is 2.15. The van der Waals surface area contributed by atoms with E-state index in [-0.39, 0.29) is 5.82 Å². The van der Waals surface area contributed by atoms with Crippen molar-refractivity contribution in [2.75, 3.05) is 0 Å². The van der Waals surface area contributed by atoms with Crippen molar-refractivity contribution in [3.63, 3.8) is 0 Å². The molecule has 1 saturated carbocycles. The van der Waals surface area contributed by atoms with E-state index in [1.165, 1.54) is 0 Å². The summed E-state index contributed by atoms with van der Waals surface area (Å²) in [7, 11) is 0. The van der Waals surface area contributed by atoms with Crippen molar-refractivity contribution < 1.29 is 9.90 Å². The van der Waals surface area contributed by atoms with Crippen molar-refractivity contribution >= 4 is 5.97 Å². The van der Waals surface area contributed by atoms with Crippen molar-refractivity contribution in [3.05, 3.63) is 35.7 Å². The summed E-state index contributed by atoms with van der Waals surface area (Å²) in [6.45, 7) is 1.87. The van der Waals surface area contributed by atoms with Crippen LogP contribution >= 0.6 is 0 Å². The van der Waals surface area contributed by atoms with Crippen molar-refractivity contribution in [3.8, 4) is 5.69 Å². The van der Waals surface area contributed by atoms with E-state index in [0.717, 1.165) is 30.0 Å². The van der Waals surface area contributed by atoms with Crippen LogP contribution in [0.2, 0.25) is 0 Å². The molecule has 6 heteroatoms. The highest BCUT2D eigenvalue weighted by atomic mass is 16.4. The van der Waals surface area contributed by atoms with Crippen LogP contribution in [0.1, 0.15) is 40.9 Å². The number of aromatic nitrogens is 4. The smallest absolute Gasteiger partial charge is 0.375 e. The Hall–Kier alpha value is -2.24. The Labute approximate surface area is 103 Å². The molecule has 1 N–H and O–H groups in total. The Kier molecular flexibility index (Phi) is 2.36. The third-order valence-corrected chi connectivity index (χ3v) is 2.97. The van der Waals surface area contributed by atoms with Gasteiger partial charge in [-0.25, -0.2) is 14.5 Å². The SMILES string of the molecule is Cc1ncccc1-n1nc(C(=O)O)nc1C1CC1. The third-order valence-electron chi connectivity index (χ3n) is 2.97. The van der Waals surface area contributed by atoms with Gasteiger partial charge in [-0.15, -0.1) is 5.10 Å². The fourth-order valence-electron chi connectivity index (χ4n) is 1.90. The van der Waals surface area contributed by atoms with Gasteiger partial charge >= 0.3 is 5.97 Å². The van der Waals surface area contributed by atoms with Gasteiger partial charge in [-0.3, -0.25) is 4.98 Å². The quantitative estimate of drug-likeness (QED) is 0.885. The lowest BCUT2D eigenvalue weighted by Gasteiger charge is -2.06. The van der Waals surface area contributed by atoms with Crippen LogP contribution in [0.3, 0.4) is 0 Å². The van der Waals surface area contributed by atoms with Gasteiger partial charge < -0.3 is 5.11 Å². The van der Waals surface area contributed by atoms with Crippen molar-refractivity contribution in [1.29, 1.82) is 0 Å². The van der Waals surface area contributed by atoms with E-state index in [9.17, 15) is 4.79 Å². The standard InChI is InChI=1S/C12H12N4O2/c1-7-9(3-2-6-13-7)16-11(8-4-5-8)14-10(15-16)12(17)18/h2-3,6,8H,4-5H2,1H3,(H,17,18). The summed E-state index contributed by atoms with van der Waals surface area (Å²) in [4.78, 5) is 19.3. The van der Waals surface area contributed by atoms with Crippen LogP contribution in [0.25, 0.3) is 5.69 Å². The summed E-state index contributed by atoms with van der Waals surface area (Å²) in [5.74, 6) is -0.203. The number of pyridine rings is 1. The fraction of sp³-hybridized carbons (Fsp3) is 0.333. The number of carbonyl (C=O) groups is 1. The molecule has 1 aliphatic rings. The first-order chi connectivity index (χ1) is 8.66. The largest absolute Gasteiger partial charge is 0.475 e. The summed E-state index contributed by atoms with van der Waals surface area (Å²) in [6, 6.07) is 3.68. The van der Waals surface area contributed by atoms with Crippen molar-refractivity contribution in [1.82, 2.24) is 19.7 Å². The molecular formula is C12H12N4O2. The number of hydrogen-bond donors (Lipinski definition) is 1. The van der Waals surface area contributed by atoms with Gasteiger partial charge in [0, 0.05) is 12.1 Å². The summed E-state index contributed by atoms with van der Waals surface area (Å²) in [6.07, 6.45) is 3.78. The number of nitrogens with zero attached hydrogens (tertiary/aromatic N) is 4. The van der Waals surface area contributed by atoms with E-state index in [4.69, 9.17) is 5.11 Å². The Bertz CT molecular complexity index is 616. The first kappa shape index (κ1) is 10.9. The molecule has 2 aromatic heterocycles. The van der Waals surface area contributed by atoms with E-state index in [0.29, 0.717) is 5.92 Å². The summed E-state index contributed by atoms with van der Waals surface area (Å²) < 4.78 is 1.61. The minimum absolute atomic E-state index is 0.153. The van der Waals surface area contributed by atoms with Crippen LogP contribution in [0.5, 0.6) is 0 Å². The molecule has 6 nitrogen and oxygen atoms in total. The van der Waals surface area contributed by atoms with Crippen LogP contribution in [0, 0.1) is 6.92 Å². The number of rotatable bonds is 3. The van der Waals surface area contributed by atoms with Gasteiger partial charge in [0.25, 0.3) is 5.82 Å². The minimum atomic E-state index is -1.10. The molecule has 0 atom stereocenters. The van der Waals surface area contributed by atoms with E-state index < -0.39 is 5.97 Å². The molecule has 2 aromatic rings. The summed E-state index contributed by atoms with van der Waals surface area (Å²) >= 11 is 0. The molecule has 0 unspecified atom stereocenters. The van der Waals surface area contributed by atoms with Gasteiger partial charge in [0.1, 0.15) is 5.82 Å². The molecular weight excluding hydrogens is 232 g/mol. The van der Waals surface area contributed by atoms with Crippen LogP contribution in [0.4, 0.5) is 0 Å². The second-order valence-electron chi connectivity index (χ2n) is 4.39. The molecule has 92 valence electrons. The van der Waals surface area contributed by atoms with Crippen LogP contribution in [-0.4, -0.2) is 30.8 Å². The maximum Gasteiger partial charge on any atom is 0.375 e. The molecule has 0 aromatic carbocycles. The highest BCUT2D eigenvalue weighted by Crippen LogP contribution is 2.39. The zero-order chi connectivity index (χ0) is 12.7. The van der Waals surface area contributed by atoms with E-state index in [2.05, 4.69) is 15.1 Å². The number of aryl methyl sites for hydroxylation is 1. The number of carboxylic acid groups (broad SMARTS) is 1. The highest BCUT2D eigenvalue weighted by Gasteiger charge is 2.31. The maximum absolute atomic E-state index is 11.0. The fourth-order valence-corrected chi connectivity index (χ4v) is 1.90. The average Bonchev–Trinajstić information content (AvgIpc) is 3.09. The topological polar surface area (TPSA) is 80.9 Å². The predicted molar refractivity (Wildman–Crippen MR) is 62.8 cm³/mol. The van der Waals surface area contributed by atoms with E-state index in [1.807, 2.05) is 13.0 Å². The number of carboxylic acids is 1. The van der Waals surface area contributed by atoms with Gasteiger partial charge in [0.2, 0.25) is 0 Å². The van der Waals surface area contributed by atoms with E-state index in [1.54, 1.807) is 16.9 Å². The van der Waals surface area contributed by atoms with Gasteiger partial charge in [0.05, 0.1) is 11.4 Å². The monoisotopic (exact) mass is 244 g/mol. The maximum atomic E-state index is 11.0. The third kappa shape index (κ3) is 1.75. The first-order valence-electron chi connectivity index (χ1n) is 5.79. The number of aromatic carboxylic acids is 1. The Morgan fingerprint density at radius 3 is 2.89 bits per heavy atom. The van der Waals surface area contributed by atoms with Crippen LogP contribution in [-0.2, 0) is 0 Å². The lowest BCUT2D eigenvalue weighted by Crippen LogP contribution is -2.05. The Morgan fingerprint density at radius 2 is 2.28 bits per heavy atom. The van der Waals surface area contributed by atoms with E-state index >= 15 is 0 Å². The average molecular weight is 244 g/mol. The van der Waals surface area contributed by atoms with Gasteiger partial charge in [0.15, 0.2) is 0 Å². The van der Waals surface area contributed by atoms with Crippen molar-refractivity contribution in [2.45, 2.75) is 25.7 Å². The van der Waals surface area contributed by atoms with Crippen LogP contribution < -0.4 is 0 Å². The second kappa shape index (κ2) is 3.90. The summed E-state index contributed by atoms with van der Waals surface area (Å²) in [5, 5.41) is 13.1. The zero-order valence-corrected chi connectivity index (χ0v) is 9.87. The number of hydrogen-bond acceptors (Lipinski definition) is 4. The minimum Gasteiger partial charge on any atom is -0.475 e. The molecule has 18 heavy (non-hydrogen) atoms. The second-order valence-corrected chi connectivity index (χ2v) is 4.39. The molecule has 1 aliphatic carbocycles. The molecule has 0 amide bonds. The molecule has 0 spiro atoms. The molecule has 0 radical (unpaired) electrons. The lowest BCUT2D eigenvalue weighted by atomic mass is 10.3. The molecule has 3 rings (SSSR count). The molecule has 1 fully saturated rings. The molecule has 2 heterocycles. The van der Waals surface area contributed by atoms with Gasteiger partial charge in [-0.1, -0.05) is 0 Å². The molecule has 0 aliphatic heterocycles. The first-order valence-corrected chi connectivity index (χ1v) is 5.79. The normalized spacial score (nSPS) is 14.7. The van der Waals surface area contributed by atoms with Crippen LogP contribution in [0.15, 0.2) is 18.3 Å². The lowest BCUT2D eigenvalue weighted by molar-refractivity contribution is 0.0683. The van der Waals surface area contributed by atoms with Gasteiger partial charge in [-0.05, 0) is 31.9 Å². The Morgan fingerprint density at radius 1 is 1.50 bits per heavy atom. The van der Waals surface area contributed by atoms with Crippen molar-refractivity contribution in [2.24, 2.45) is 0 Å². The summed E-state index contributed by atoms with van der Waals surface area (Å²) in [5.41, 5.74) is 1.60. The predicted octanol–water partition coefficient (Wildman–Crippen LogP) is 1.55. The molecule has 0 saturated heterocycles. The zero-order valence-electron chi connectivity index (χ0n) is 9.87.